The van der Waals surface area contributed by atoms with E-state index in [0.29, 0.717) is 0 Å². The van der Waals surface area contributed by atoms with Crippen molar-refractivity contribution in [2.75, 3.05) is 0 Å². The third kappa shape index (κ3) is 5.46. The number of nitrogens with zero attached hydrogens (tertiary/aromatic N) is 2. The van der Waals surface area contributed by atoms with E-state index in [1.54, 1.807) is 0 Å². The van der Waals surface area contributed by atoms with Gasteiger partial charge in [-0.25, -0.2) is 0 Å². The number of rotatable bonds is 3. The van der Waals surface area contributed by atoms with Crippen LogP contribution < -0.4 is 4.57 Å². The van der Waals surface area contributed by atoms with Crippen LogP contribution in [0, 0.1) is 0 Å². The molecule has 5 aromatic rings. The lowest BCUT2D eigenvalue weighted by atomic mass is 9.83. The normalized spacial score (nSPS) is 12.1. The highest BCUT2D eigenvalue weighted by Crippen LogP contribution is 2.39. The zero-order valence-corrected chi connectivity index (χ0v) is 19.9. The van der Waals surface area contributed by atoms with E-state index >= 15 is 0 Å². The second kappa shape index (κ2) is 10.4. The first-order valence-electron chi connectivity index (χ1n) is 12.0. The molecule has 0 unspecified atom stereocenters. The molecule has 7 heteroatoms. The molecule has 2 nitrogen and oxygen atoms in total. The minimum absolute atomic E-state index is 0.943. The van der Waals surface area contributed by atoms with Crippen molar-refractivity contribution in [3.8, 4) is 39.5 Å². The molecule has 0 amide bonds. The van der Waals surface area contributed by atoms with E-state index in [0.717, 1.165) is 24.4 Å². The van der Waals surface area contributed by atoms with E-state index in [9.17, 15) is 17.3 Å². The molecule has 2 aromatic heterocycles. The molecule has 6 rings (SSSR count). The van der Waals surface area contributed by atoms with Crippen LogP contribution in [0.2, 0.25) is 0 Å². The SMILES string of the molecule is F[B-](F)(F)F.c1ccc(-c2cc(-c3ccccc3)[n+](-c3ccccn3)c3c2CCc2ccccc2-3)cc1. The van der Waals surface area contributed by atoms with Crippen LogP contribution in [0.4, 0.5) is 17.3 Å². The van der Waals surface area contributed by atoms with Crippen LogP contribution in [0.1, 0.15) is 11.1 Å². The lowest BCUT2D eigenvalue weighted by Gasteiger charge is -2.25. The van der Waals surface area contributed by atoms with E-state index in [2.05, 4.69) is 108 Å². The Hall–Kier alpha value is -4.26. The quantitative estimate of drug-likeness (QED) is 0.141. The number of pyridine rings is 2. The Kier molecular flexibility index (Phi) is 6.86. The molecule has 3 aromatic carbocycles. The maximum atomic E-state index is 9.75. The Morgan fingerprint density at radius 1 is 0.622 bits per heavy atom. The van der Waals surface area contributed by atoms with Gasteiger partial charge in [-0.1, -0.05) is 91.0 Å². The molecule has 184 valence electrons. The van der Waals surface area contributed by atoms with Crippen LogP contribution in [0.5, 0.6) is 0 Å². The maximum absolute atomic E-state index is 9.75. The Morgan fingerprint density at radius 2 is 1.22 bits per heavy atom. The van der Waals surface area contributed by atoms with Gasteiger partial charge in [-0.15, -0.1) is 0 Å². The molecule has 0 saturated heterocycles. The van der Waals surface area contributed by atoms with Gasteiger partial charge in [-0.05, 0) is 46.6 Å². The fourth-order valence-electron chi connectivity index (χ4n) is 4.86. The molecule has 0 spiro atoms. The highest BCUT2D eigenvalue weighted by Gasteiger charge is 2.30. The molecule has 0 N–H and O–H groups in total. The Balaban J connectivity index is 0.000000514. The highest BCUT2D eigenvalue weighted by molar-refractivity contribution is 6.50. The molecule has 0 bridgehead atoms. The first-order valence-corrected chi connectivity index (χ1v) is 12.0. The van der Waals surface area contributed by atoms with Crippen molar-refractivity contribution in [1.82, 2.24) is 4.98 Å². The fourth-order valence-corrected chi connectivity index (χ4v) is 4.86. The summed E-state index contributed by atoms with van der Waals surface area (Å²) in [6.07, 6.45) is 3.94. The van der Waals surface area contributed by atoms with Crippen molar-refractivity contribution in [2.45, 2.75) is 12.8 Å². The summed E-state index contributed by atoms with van der Waals surface area (Å²) in [7, 11) is -6.00. The second-order valence-electron chi connectivity index (χ2n) is 8.68. The molecule has 0 aliphatic heterocycles. The van der Waals surface area contributed by atoms with Crippen molar-refractivity contribution in [3.63, 3.8) is 0 Å². The molecule has 0 radical (unpaired) electrons. The molecule has 0 atom stereocenters. The smallest absolute Gasteiger partial charge is 0.418 e. The van der Waals surface area contributed by atoms with E-state index < -0.39 is 7.25 Å². The average Bonchev–Trinajstić information content (AvgIpc) is 2.92. The lowest BCUT2D eigenvalue weighted by Crippen LogP contribution is -2.39. The number of aromatic nitrogens is 2. The maximum Gasteiger partial charge on any atom is 0.673 e. The number of benzene rings is 3. The third-order valence-electron chi connectivity index (χ3n) is 6.31. The van der Waals surface area contributed by atoms with Crippen molar-refractivity contribution in [2.24, 2.45) is 0 Å². The van der Waals surface area contributed by atoms with E-state index in [4.69, 9.17) is 4.98 Å². The van der Waals surface area contributed by atoms with Crippen LogP contribution in [-0.2, 0) is 12.8 Å². The third-order valence-corrected chi connectivity index (χ3v) is 6.31. The number of fused-ring (bicyclic) bond motifs is 3. The summed E-state index contributed by atoms with van der Waals surface area (Å²) < 4.78 is 41.4. The molecule has 2 heterocycles. The molecular weight excluding hydrogens is 475 g/mol. The van der Waals surface area contributed by atoms with E-state index in [1.165, 1.54) is 39.1 Å². The summed E-state index contributed by atoms with van der Waals surface area (Å²) >= 11 is 0. The van der Waals surface area contributed by atoms with Crippen molar-refractivity contribution in [1.29, 1.82) is 0 Å². The van der Waals surface area contributed by atoms with Crippen LogP contribution in [0.25, 0.3) is 39.5 Å². The monoisotopic (exact) mass is 498 g/mol. The van der Waals surface area contributed by atoms with Gasteiger partial charge in [0.1, 0.15) is 17.6 Å². The highest BCUT2D eigenvalue weighted by atomic mass is 19.5. The summed E-state index contributed by atoms with van der Waals surface area (Å²) in [5.41, 5.74) is 10.2. The summed E-state index contributed by atoms with van der Waals surface area (Å²) in [5.74, 6) is 0.943. The van der Waals surface area contributed by atoms with Gasteiger partial charge in [0.25, 0.3) is 0 Å². The fraction of sp³-hybridized carbons (Fsp3) is 0.0667. The molecule has 0 saturated carbocycles. The van der Waals surface area contributed by atoms with Gasteiger partial charge in [-0.3, -0.25) is 0 Å². The van der Waals surface area contributed by atoms with Crippen molar-refractivity contribution in [3.05, 3.63) is 127 Å². The predicted octanol–water partition coefficient (Wildman–Crippen LogP) is 7.76. The van der Waals surface area contributed by atoms with Gasteiger partial charge in [0, 0.05) is 22.8 Å². The second-order valence-corrected chi connectivity index (χ2v) is 8.68. The first kappa shape index (κ1) is 24.4. The Morgan fingerprint density at radius 3 is 1.86 bits per heavy atom. The van der Waals surface area contributed by atoms with Gasteiger partial charge in [0.05, 0.1) is 0 Å². The summed E-state index contributed by atoms with van der Waals surface area (Å²) in [5, 5.41) is 0. The van der Waals surface area contributed by atoms with E-state index in [-0.39, 0.29) is 0 Å². The Labute approximate surface area is 213 Å². The first-order chi connectivity index (χ1) is 17.9. The van der Waals surface area contributed by atoms with Crippen LogP contribution in [-0.4, -0.2) is 12.2 Å². The zero-order chi connectivity index (χ0) is 25.8. The van der Waals surface area contributed by atoms with Gasteiger partial charge >= 0.3 is 13.1 Å². The van der Waals surface area contributed by atoms with Gasteiger partial charge in [0.2, 0.25) is 0 Å². The summed E-state index contributed by atoms with van der Waals surface area (Å²) in [6, 6.07) is 38.7. The van der Waals surface area contributed by atoms with Gasteiger partial charge in [0.15, 0.2) is 0 Å². The Bertz CT molecular complexity index is 1500. The molecule has 1 aliphatic carbocycles. The van der Waals surface area contributed by atoms with E-state index in [1.807, 2.05) is 12.3 Å². The van der Waals surface area contributed by atoms with Crippen molar-refractivity contribution >= 4 is 7.25 Å². The molecular formula is C30H23BF4N2. The van der Waals surface area contributed by atoms with Gasteiger partial charge < -0.3 is 17.3 Å². The predicted molar refractivity (Wildman–Crippen MR) is 140 cm³/mol. The number of halogens is 4. The molecule has 37 heavy (non-hydrogen) atoms. The van der Waals surface area contributed by atoms with Crippen LogP contribution >= 0.6 is 0 Å². The topological polar surface area (TPSA) is 16.8 Å². The van der Waals surface area contributed by atoms with Crippen molar-refractivity contribution < 1.29 is 21.8 Å². The number of aryl methyl sites for hydroxylation is 1. The number of hydrogen-bond acceptors (Lipinski definition) is 1. The minimum Gasteiger partial charge on any atom is -0.418 e. The van der Waals surface area contributed by atoms with Crippen LogP contribution in [0.15, 0.2) is 115 Å². The standard InChI is InChI=1S/C30H23N2.BF4/c1-3-11-22(12-4-1)27-21-28(24-14-5-2-6-15-24)32(29-17-9-10-20-31-29)30-25-16-8-7-13-23(25)18-19-26(27)30;2-1(3,4)5/h1-17,20-21H,18-19H2;/q+1;-1. The largest absolute Gasteiger partial charge is 0.673 e. The lowest BCUT2D eigenvalue weighted by molar-refractivity contribution is -0.576. The molecule has 0 fully saturated rings. The average molecular weight is 498 g/mol. The van der Waals surface area contributed by atoms with Gasteiger partial charge in [-0.2, -0.15) is 4.57 Å². The minimum atomic E-state index is -6.00. The summed E-state index contributed by atoms with van der Waals surface area (Å²) in [6.45, 7) is 0. The zero-order valence-electron chi connectivity index (χ0n) is 19.9. The number of hydrogen-bond donors (Lipinski definition) is 0. The van der Waals surface area contributed by atoms with Crippen LogP contribution in [0.3, 0.4) is 0 Å². The molecule has 1 aliphatic rings. The summed E-state index contributed by atoms with van der Waals surface area (Å²) in [4.78, 5) is 4.78.